The minimum Gasteiger partial charge on any atom is -0.295 e. The van der Waals surface area contributed by atoms with Gasteiger partial charge in [-0.1, -0.05) is 37.8 Å². The fourth-order valence-electron chi connectivity index (χ4n) is 6.57. The maximum Gasteiger partial charge on any atom is 0.159 e. The number of carbonyl (C=O) groups is 2. The summed E-state index contributed by atoms with van der Waals surface area (Å²) >= 11 is 0. The first-order chi connectivity index (χ1) is 12.7. The second kappa shape index (κ2) is 7.44. The first-order valence-corrected chi connectivity index (χ1v) is 11.2. The van der Waals surface area contributed by atoms with Gasteiger partial charge in [-0.3, -0.25) is 9.59 Å². The van der Waals surface area contributed by atoms with Gasteiger partial charge in [-0.25, -0.2) is 0 Å². The molecule has 2 heteroatoms. The summed E-state index contributed by atoms with van der Waals surface area (Å²) in [7, 11) is 0. The molecular formula is C24H34O2. The number of unbranched alkanes of at least 4 members (excludes halogenated alkanes) is 2. The molecule has 0 radical (unpaired) electrons. The van der Waals surface area contributed by atoms with Gasteiger partial charge in [0.15, 0.2) is 11.6 Å². The summed E-state index contributed by atoms with van der Waals surface area (Å²) in [5.74, 6) is 3.26. The van der Waals surface area contributed by atoms with Crippen molar-refractivity contribution in [2.24, 2.45) is 23.7 Å². The lowest BCUT2D eigenvalue weighted by atomic mass is 9.59. The summed E-state index contributed by atoms with van der Waals surface area (Å²) in [4.78, 5) is 25.3. The summed E-state index contributed by atoms with van der Waals surface area (Å²) in [6.45, 7) is 4.42. The highest BCUT2D eigenvalue weighted by atomic mass is 16.1. The van der Waals surface area contributed by atoms with E-state index in [2.05, 4.69) is 13.8 Å². The Kier molecular flexibility index (Phi) is 5.21. The van der Waals surface area contributed by atoms with Gasteiger partial charge in [0.2, 0.25) is 0 Å². The van der Waals surface area contributed by atoms with E-state index in [-0.39, 0.29) is 0 Å². The molecule has 0 unspecified atom stereocenters. The van der Waals surface area contributed by atoms with Crippen LogP contribution in [-0.4, -0.2) is 11.6 Å². The minimum atomic E-state index is 0.451. The van der Waals surface area contributed by atoms with Crippen LogP contribution in [-0.2, 0) is 9.59 Å². The van der Waals surface area contributed by atoms with Gasteiger partial charge in [0, 0.05) is 12.8 Å². The molecule has 2 saturated carbocycles. The van der Waals surface area contributed by atoms with Crippen LogP contribution in [0, 0.1) is 23.7 Å². The zero-order chi connectivity index (χ0) is 18.3. The van der Waals surface area contributed by atoms with Crippen LogP contribution in [0.25, 0.3) is 0 Å². The summed E-state index contributed by atoms with van der Waals surface area (Å²) in [5.41, 5.74) is 5.49. The number of rotatable bonds is 6. The van der Waals surface area contributed by atoms with Gasteiger partial charge in [0.05, 0.1) is 0 Å². The van der Waals surface area contributed by atoms with Crippen molar-refractivity contribution in [3.05, 3.63) is 22.3 Å². The Morgan fingerprint density at radius 3 is 1.54 bits per heavy atom. The third kappa shape index (κ3) is 2.94. The molecule has 0 bridgehead atoms. The van der Waals surface area contributed by atoms with E-state index in [9.17, 15) is 9.59 Å². The summed E-state index contributed by atoms with van der Waals surface area (Å²) in [6, 6.07) is 0. The first-order valence-electron chi connectivity index (χ1n) is 11.2. The summed E-state index contributed by atoms with van der Waals surface area (Å²) in [6.07, 6.45) is 12.9. The molecule has 142 valence electrons. The van der Waals surface area contributed by atoms with Gasteiger partial charge in [0.25, 0.3) is 0 Å². The van der Waals surface area contributed by atoms with E-state index in [1.807, 2.05) is 0 Å². The highest BCUT2D eigenvalue weighted by Gasteiger charge is 2.50. The molecule has 26 heavy (non-hydrogen) atoms. The number of ketones is 2. The molecule has 4 aliphatic carbocycles. The van der Waals surface area contributed by atoms with Crippen LogP contribution >= 0.6 is 0 Å². The quantitative estimate of drug-likeness (QED) is 0.590. The van der Waals surface area contributed by atoms with E-state index in [1.165, 1.54) is 48.0 Å². The largest absolute Gasteiger partial charge is 0.295 e. The lowest BCUT2D eigenvalue weighted by Crippen LogP contribution is -2.37. The van der Waals surface area contributed by atoms with Crippen molar-refractivity contribution >= 4 is 11.6 Å². The van der Waals surface area contributed by atoms with Crippen LogP contribution in [0.15, 0.2) is 22.3 Å². The maximum absolute atomic E-state index is 12.6. The molecule has 4 aliphatic rings. The molecule has 4 atom stereocenters. The predicted octanol–water partition coefficient (Wildman–Crippen LogP) is 5.96. The average molecular weight is 355 g/mol. The van der Waals surface area contributed by atoms with Crippen molar-refractivity contribution in [2.75, 3.05) is 0 Å². The van der Waals surface area contributed by atoms with E-state index in [1.54, 1.807) is 0 Å². The second-order valence-corrected chi connectivity index (χ2v) is 9.09. The van der Waals surface area contributed by atoms with E-state index in [0.29, 0.717) is 35.2 Å². The Hall–Kier alpha value is -1.18. The van der Waals surface area contributed by atoms with E-state index < -0.39 is 0 Å². The smallest absolute Gasteiger partial charge is 0.159 e. The number of allylic oxidation sites excluding steroid dienone is 4. The Balaban J connectivity index is 1.56. The minimum absolute atomic E-state index is 0.451. The fraction of sp³-hybridized carbons (Fsp3) is 0.750. The number of hydrogen-bond donors (Lipinski definition) is 0. The molecule has 0 aromatic heterocycles. The van der Waals surface area contributed by atoms with Crippen LogP contribution in [0.3, 0.4) is 0 Å². The number of Topliss-reactive ketones (excluding diaryl/α,β-unsaturated/α-hetero) is 2. The lowest BCUT2D eigenvalue weighted by molar-refractivity contribution is -0.117. The number of carbonyl (C=O) groups excluding carboxylic acids is 2. The average Bonchev–Trinajstić information content (AvgIpc) is 3.13. The van der Waals surface area contributed by atoms with Crippen LogP contribution in [0.1, 0.15) is 90.9 Å². The third-order valence-electron chi connectivity index (χ3n) is 7.79. The highest BCUT2D eigenvalue weighted by molar-refractivity contribution is 6.00. The van der Waals surface area contributed by atoms with Crippen molar-refractivity contribution in [1.29, 1.82) is 0 Å². The van der Waals surface area contributed by atoms with E-state index in [0.717, 1.165) is 51.4 Å². The third-order valence-corrected chi connectivity index (χ3v) is 7.79. The van der Waals surface area contributed by atoms with Gasteiger partial charge in [-0.05, 0) is 86.2 Å². The van der Waals surface area contributed by atoms with Crippen molar-refractivity contribution in [3.8, 4) is 0 Å². The molecule has 0 spiro atoms. The Morgan fingerprint density at radius 1 is 0.731 bits per heavy atom. The zero-order valence-corrected chi connectivity index (χ0v) is 16.6. The number of fused-ring (bicyclic) bond motifs is 5. The zero-order valence-electron chi connectivity index (χ0n) is 16.6. The molecule has 0 saturated heterocycles. The van der Waals surface area contributed by atoms with Crippen LogP contribution in [0.5, 0.6) is 0 Å². The predicted molar refractivity (Wildman–Crippen MR) is 105 cm³/mol. The van der Waals surface area contributed by atoms with Crippen molar-refractivity contribution < 1.29 is 9.59 Å². The molecular weight excluding hydrogens is 320 g/mol. The standard InChI is InChI=1S/C24H34O2/c1-3-5-7-19-17-11-9-16-15(21(17)13-23(19)25)10-12-18-20(8-6-4-2)24(26)14-22(16)18/h15-16,21-22H,3-14H2,1-2H3/t15-,16-,21+,22+/m1/s1. The molecule has 2 fully saturated rings. The van der Waals surface area contributed by atoms with Crippen LogP contribution < -0.4 is 0 Å². The van der Waals surface area contributed by atoms with Crippen molar-refractivity contribution in [3.63, 3.8) is 0 Å². The van der Waals surface area contributed by atoms with Crippen LogP contribution in [0.4, 0.5) is 0 Å². The molecule has 0 aliphatic heterocycles. The Bertz CT molecular complexity index is 608. The molecule has 4 rings (SSSR count). The van der Waals surface area contributed by atoms with Gasteiger partial charge in [-0.2, -0.15) is 0 Å². The van der Waals surface area contributed by atoms with Gasteiger partial charge >= 0.3 is 0 Å². The van der Waals surface area contributed by atoms with E-state index >= 15 is 0 Å². The Morgan fingerprint density at radius 2 is 1.15 bits per heavy atom. The molecule has 0 heterocycles. The van der Waals surface area contributed by atoms with Crippen molar-refractivity contribution in [2.45, 2.75) is 90.9 Å². The van der Waals surface area contributed by atoms with Crippen molar-refractivity contribution in [1.82, 2.24) is 0 Å². The van der Waals surface area contributed by atoms with Gasteiger partial charge in [-0.15, -0.1) is 0 Å². The first kappa shape index (κ1) is 18.2. The second-order valence-electron chi connectivity index (χ2n) is 9.09. The molecule has 0 aromatic carbocycles. The normalized spacial score (nSPS) is 33.6. The highest BCUT2D eigenvalue weighted by Crippen LogP contribution is 2.57. The molecule has 0 amide bonds. The fourth-order valence-corrected chi connectivity index (χ4v) is 6.57. The Labute approximate surface area is 158 Å². The number of hydrogen-bond acceptors (Lipinski definition) is 2. The SMILES string of the molecule is CCCCC1=C2CC[C@@H]3[C@@H](CCC4=C(CCCC)C(=O)C[C@H]43)[C@@H]2CC1=O. The van der Waals surface area contributed by atoms with Crippen LogP contribution in [0.2, 0.25) is 0 Å². The maximum atomic E-state index is 12.6. The molecule has 0 N–H and O–H groups in total. The summed E-state index contributed by atoms with van der Waals surface area (Å²) in [5, 5.41) is 0. The monoisotopic (exact) mass is 354 g/mol. The molecule has 2 nitrogen and oxygen atoms in total. The topological polar surface area (TPSA) is 34.1 Å². The molecule has 0 aromatic rings. The lowest BCUT2D eigenvalue weighted by Gasteiger charge is -2.45. The van der Waals surface area contributed by atoms with Gasteiger partial charge in [0.1, 0.15) is 0 Å². The van der Waals surface area contributed by atoms with E-state index in [4.69, 9.17) is 0 Å². The van der Waals surface area contributed by atoms with Gasteiger partial charge < -0.3 is 0 Å². The summed E-state index contributed by atoms with van der Waals surface area (Å²) < 4.78 is 0.